The van der Waals surface area contributed by atoms with Crippen LogP contribution in [0.3, 0.4) is 0 Å². The van der Waals surface area contributed by atoms with Crippen LogP contribution < -0.4 is 10.3 Å². The molecule has 26 heavy (non-hydrogen) atoms. The quantitative estimate of drug-likeness (QED) is 0.534. The highest BCUT2D eigenvalue weighted by Gasteiger charge is 2.16. The number of thiophene rings is 1. The first-order valence-electron chi connectivity index (χ1n) is 8.06. The normalized spacial score (nSPS) is 11.5. The van der Waals surface area contributed by atoms with Gasteiger partial charge in [0.15, 0.2) is 0 Å². The van der Waals surface area contributed by atoms with Gasteiger partial charge in [0.1, 0.15) is 10.4 Å². The second-order valence-corrected chi connectivity index (χ2v) is 6.89. The SMILES string of the molecule is COc1ccc2[nH]c(=O)c3sccc3c2c1-c1ccc(CC(F)F)cc1. The largest absolute Gasteiger partial charge is 0.496 e. The first-order chi connectivity index (χ1) is 12.6. The summed E-state index contributed by atoms with van der Waals surface area (Å²) in [5.41, 5.74) is 2.87. The third-order valence-corrected chi connectivity index (χ3v) is 5.32. The minimum Gasteiger partial charge on any atom is -0.496 e. The number of benzene rings is 2. The third kappa shape index (κ3) is 2.76. The molecule has 2 aromatic heterocycles. The summed E-state index contributed by atoms with van der Waals surface area (Å²) >= 11 is 1.39. The van der Waals surface area contributed by atoms with Gasteiger partial charge >= 0.3 is 0 Å². The molecule has 0 atom stereocenters. The summed E-state index contributed by atoms with van der Waals surface area (Å²) < 4.78 is 31.4. The van der Waals surface area contributed by atoms with Crippen LogP contribution in [0.4, 0.5) is 8.78 Å². The molecule has 0 unspecified atom stereocenters. The van der Waals surface area contributed by atoms with Gasteiger partial charge in [0, 0.05) is 28.3 Å². The zero-order chi connectivity index (χ0) is 18.3. The molecule has 4 rings (SSSR count). The van der Waals surface area contributed by atoms with Crippen LogP contribution in [0.25, 0.3) is 32.1 Å². The second kappa shape index (κ2) is 6.53. The van der Waals surface area contributed by atoms with Crippen molar-refractivity contribution >= 4 is 32.3 Å². The van der Waals surface area contributed by atoms with Gasteiger partial charge in [0.25, 0.3) is 5.56 Å². The number of pyridine rings is 1. The van der Waals surface area contributed by atoms with E-state index in [2.05, 4.69) is 4.98 Å². The van der Waals surface area contributed by atoms with Gasteiger partial charge in [-0.2, -0.15) is 0 Å². The number of ether oxygens (including phenoxy) is 1. The van der Waals surface area contributed by atoms with E-state index < -0.39 is 6.43 Å². The maximum absolute atomic E-state index is 12.6. The van der Waals surface area contributed by atoms with Gasteiger partial charge in [0.2, 0.25) is 6.43 Å². The van der Waals surface area contributed by atoms with Crippen LogP contribution in [0.1, 0.15) is 5.56 Å². The number of halogens is 2. The number of alkyl halides is 2. The molecule has 132 valence electrons. The Morgan fingerprint density at radius 1 is 1.12 bits per heavy atom. The number of aromatic amines is 1. The molecule has 4 aromatic rings. The Morgan fingerprint density at radius 2 is 1.88 bits per heavy atom. The van der Waals surface area contributed by atoms with E-state index in [1.165, 1.54) is 11.3 Å². The molecule has 0 aliphatic heterocycles. The molecule has 0 bridgehead atoms. The monoisotopic (exact) mass is 371 g/mol. The lowest BCUT2D eigenvalue weighted by Crippen LogP contribution is -2.05. The fourth-order valence-electron chi connectivity index (χ4n) is 3.27. The molecule has 0 aliphatic rings. The molecule has 0 aliphatic carbocycles. The Hall–Kier alpha value is -2.73. The lowest BCUT2D eigenvalue weighted by molar-refractivity contribution is 0.149. The first-order valence-corrected chi connectivity index (χ1v) is 8.94. The summed E-state index contributed by atoms with van der Waals surface area (Å²) in [6.45, 7) is 0. The van der Waals surface area contributed by atoms with Crippen molar-refractivity contribution in [2.24, 2.45) is 0 Å². The highest BCUT2D eigenvalue weighted by molar-refractivity contribution is 7.17. The summed E-state index contributed by atoms with van der Waals surface area (Å²) in [7, 11) is 1.59. The Bertz CT molecular complexity index is 1150. The Morgan fingerprint density at radius 3 is 2.58 bits per heavy atom. The smallest absolute Gasteiger partial charge is 0.266 e. The summed E-state index contributed by atoms with van der Waals surface area (Å²) in [5, 5.41) is 3.63. The molecule has 3 nitrogen and oxygen atoms in total. The van der Waals surface area contributed by atoms with Crippen LogP contribution in [0, 0.1) is 0 Å². The van der Waals surface area contributed by atoms with E-state index in [-0.39, 0.29) is 12.0 Å². The molecule has 0 fully saturated rings. The van der Waals surface area contributed by atoms with Crippen molar-refractivity contribution in [3.8, 4) is 16.9 Å². The van der Waals surface area contributed by atoms with Crippen LogP contribution in [0.2, 0.25) is 0 Å². The van der Waals surface area contributed by atoms with Gasteiger partial charge in [-0.05, 0) is 34.7 Å². The van der Waals surface area contributed by atoms with Crippen molar-refractivity contribution in [2.45, 2.75) is 12.8 Å². The number of fused-ring (bicyclic) bond motifs is 3. The molecule has 2 heterocycles. The van der Waals surface area contributed by atoms with Crippen LogP contribution in [0.15, 0.2) is 52.6 Å². The lowest BCUT2D eigenvalue weighted by atomic mass is 9.96. The van der Waals surface area contributed by atoms with Crippen LogP contribution in [0.5, 0.6) is 5.75 Å². The number of hydrogen-bond donors (Lipinski definition) is 1. The van der Waals surface area contributed by atoms with Crippen molar-refractivity contribution < 1.29 is 13.5 Å². The molecular weight excluding hydrogens is 356 g/mol. The average molecular weight is 371 g/mol. The lowest BCUT2D eigenvalue weighted by Gasteiger charge is -2.14. The fourth-order valence-corrected chi connectivity index (χ4v) is 4.07. The zero-order valence-electron chi connectivity index (χ0n) is 13.9. The molecule has 0 saturated heterocycles. The number of aromatic nitrogens is 1. The topological polar surface area (TPSA) is 42.1 Å². The van der Waals surface area contributed by atoms with E-state index in [1.54, 1.807) is 25.3 Å². The van der Waals surface area contributed by atoms with Gasteiger partial charge in [-0.15, -0.1) is 11.3 Å². The summed E-state index contributed by atoms with van der Waals surface area (Å²) in [6.07, 6.45) is -2.64. The van der Waals surface area contributed by atoms with E-state index in [1.807, 2.05) is 29.6 Å². The number of rotatable bonds is 4. The van der Waals surface area contributed by atoms with E-state index in [0.29, 0.717) is 21.5 Å². The van der Waals surface area contributed by atoms with Gasteiger partial charge < -0.3 is 9.72 Å². The minimum atomic E-state index is -2.37. The van der Waals surface area contributed by atoms with E-state index in [0.717, 1.165) is 21.9 Å². The maximum Gasteiger partial charge on any atom is 0.266 e. The summed E-state index contributed by atoms with van der Waals surface area (Å²) in [4.78, 5) is 15.2. The molecule has 0 amide bonds. The van der Waals surface area contributed by atoms with Crippen molar-refractivity contribution in [2.75, 3.05) is 7.11 Å². The molecule has 0 radical (unpaired) electrons. The maximum atomic E-state index is 12.6. The fraction of sp³-hybridized carbons (Fsp3) is 0.150. The van der Waals surface area contributed by atoms with Gasteiger partial charge in [-0.3, -0.25) is 4.79 Å². The van der Waals surface area contributed by atoms with E-state index in [9.17, 15) is 13.6 Å². The summed E-state index contributed by atoms with van der Waals surface area (Å²) in [6, 6.07) is 12.6. The third-order valence-electron chi connectivity index (χ3n) is 4.41. The van der Waals surface area contributed by atoms with Crippen LogP contribution >= 0.6 is 11.3 Å². The first kappa shape index (κ1) is 16.7. The van der Waals surface area contributed by atoms with Crippen LogP contribution in [-0.2, 0) is 6.42 Å². The number of H-pyrrole nitrogens is 1. The molecule has 1 N–H and O–H groups in total. The predicted octanol–water partition coefficient (Wildman–Crippen LogP) is 5.23. The number of nitrogens with one attached hydrogen (secondary N) is 1. The number of methoxy groups -OCH3 is 1. The van der Waals surface area contributed by atoms with Gasteiger partial charge in [0.05, 0.1) is 7.11 Å². The Labute approximate surface area is 151 Å². The molecule has 6 heteroatoms. The number of hydrogen-bond acceptors (Lipinski definition) is 3. The summed E-state index contributed by atoms with van der Waals surface area (Å²) in [5.74, 6) is 0.665. The molecule has 0 spiro atoms. The highest BCUT2D eigenvalue weighted by Crippen LogP contribution is 2.40. The van der Waals surface area contributed by atoms with Gasteiger partial charge in [-0.1, -0.05) is 24.3 Å². The van der Waals surface area contributed by atoms with Crippen molar-refractivity contribution in [3.05, 3.63) is 63.8 Å². The minimum absolute atomic E-state index is 0.120. The molecule has 0 saturated carbocycles. The van der Waals surface area contributed by atoms with E-state index >= 15 is 0 Å². The predicted molar refractivity (Wildman–Crippen MR) is 102 cm³/mol. The molecule has 2 aromatic carbocycles. The molecular formula is C20H15F2NO2S. The Balaban J connectivity index is 2.01. The van der Waals surface area contributed by atoms with Crippen LogP contribution in [-0.4, -0.2) is 18.5 Å². The van der Waals surface area contributed by atoms with Crippen molar-refractivity contribution in [1.82, 2.24) is 4.98 Å². The second-order valence-electron chi connectivity index (χ2n) is 5.98. The van der Waals surface area contributed by atoms with E-state index in [4.69, 9.17) is 4.74 Å². The Kier molecular flexibility index (Phi) is 4.20. The standard InChI is InChI=1S/C20H15F2NO2S/c1-25-15-7-6-14-18(13-8-9-26-19(13)20(24)23-14)17(15)12-4-2-11(3-5-12)10-16(21)22/h2-9,16H,10H2,1H3,(H,23,24). The average Bonchev–Trinajstić information content (AvgIpc) is 3.12. The van der Waals surface area contributed by atoms with Crippen molar-refractivity contribution in [1.29, 1.82) is 0 Å². The van der Waals surface area contributed by atoms with Gasteiger partial charge in [-0.25, -0.2) is 8.78 Å². The highest BCUT2D eigenvalue weighted by atomic mass is 32.1. The van der Waals surface area contributed by atoms with Crippen molar-refractivity contribution in [3.63, 3.8) is 0 Å². The zero-order valence-corrected chi connectivity index (χ0v) is 14.7.